The zero-order valence-corrected chi connectivity index (χ0v) is 9.50. The quantitative estimate of drug-likeness (QED) is 0.871. The van der Waals surface area contributed by atoms with Gasteiger partial charge in [0.15, 0.2) is 0 Å². The first-order valence-electron chi connectivity index (χ1n) is 5.90. The molecule has 1 heterocycles. The number of nitrogens with zero attached hydrogens (tertiary/aromatic N) is 1. The molecule has 1 unspecified atom stereocenters. The normalized spacial score (nSPS) is 20.4. The van der Waals surface area contributed by atoms with Gasteiger partial charge in [-0.05, 0) is 31.7 Å². The summed E-state index contributed by atoms with van der Waals surface area (Å²) in [7, 11) is 0. The molecule has 0 radical (unpaired) electrons. The first-order chi connectivity index (χ1) is 7.97. The van der Waals surface area contributed by atoms with Gasteiger partial charge in [0.2, 0.25) is 0 Å². The Morgan fingerprint density at radius 1 is 1.41 bits per heavy atom. The monoisotopic (exact) mass is 247 g/mol. The Kier molecular flexibility index (Phi) is 3.47. The van der Waals surface area contributed by atoms with Crippen LogP contribution in [0.1, 0.15) is 43.0 Å². The lowest BCUT2D eigenvalue weighted by Crippen LogP contribution is -2.13. The molecule has 1 aromatic rings. The van der Waals surface area contributed by atoms with Gasteiger partial charge in [0.1, 0.15) is 0 Å². The standard InChI is InChI=1S/C12H16F3NO/c13-12(14,15)6-2-7-16-8-5-9-10(16)3-1-4-11(9)17/h5,8,11,17H,1-4,6-7H2. The van der Waals surface area contributed by atoms with E-state index >= 15 is 0 Å². The summed E-state index contributed by atoms with van der Waals surface area (Å²) >= 11 is 0. The van der Waals surface area contributed by atoms with E-state index in [0.717, 1.165) is 30.5 Å². The summed E-state index contributed by atoms with van der Waals surface area (Å²) in [4.78, 5) is 0. The summed E-state index contributed by atoms with van der Waals surface area (Å²) < 4.78 is 38.0. The fourth-order valence-electron chi connectivity index (χ4n) is 2.39. The molecule has 5 heteroatoms. The van der Waals surface area contributed by atoms with Crippen molar-refractivity contribution in [2.24, 2.45) is 0 Å². The van der Waals surface area contributed by atoms with Gasteiger partial charge in [0.05, 0.1) is 6.10 Å². The molecule has 0 saturated carbocycles. The molecule has 0 fully saturated rings. The van der Waals surface area contributed by atoms with Crippen LogP contribution in [0, 0.1) is 0 Å². The van der Waals surface area contributed by atoms with Crippen molar-refractivity contribution < 1.29 is 18.3 Å². The molecule has 0 spiro atoms. The molecule has 0 amide bonds. The van der Waals surface area contributed by atoms with Crippen LogP contribution >= 0.6 is 0 Å². The van der Waals surface area contributed by atoms with Crippen LogP contribution in [0.4, 0.5) is 13.2 Å². The number of alkyl halides is 3. The van der Waals surface area contributed by atoms with E-state index in [2.05, 4.69) is 0 Å². The van der Waals surface area contributed by atoms with E-state index < -0.39 is 18.7 Å². The number of hydrogen-bond donors (Lipinski definition) is 1. The first kappa shape index (κ1) is 12.5. The Hall–Kier alpha value is -0.970. The predicted molar refractivity (Wildman–Crippen MR) is 57.6 cm³/mol. The average Bonchev–Trinajstić information content (AvgIpc) is 2.61. The number of rotatable bonds is 3. The number of aromatic nitrogens is 1. The van der Waals surface area contributed by atoms with Crippen LogP contribution in [0.2, 0.25) is 0 Å². The zero-order chi connectivity index (χ0) is 12.5. The number of aliphatic hydroxyl groups excluding tert-OH is 1. The Balaban J connectivity index is 1.98. The molecule has 0 aromatic carbocycles. The minimum atomic E-state index is -4.08. The Bertz CT molecular complexity index is 384. The highest BCUT2D eigenvalue weighted by molar-refractivity contribution is 5.27. The van der Waals surface area contributed by atoms with E-state index in [-0.39, 0.29) is 6.42 Å². The second kappa shape index (κ2) is 4.72. The van der Waals surface area contributed by atoms with Crippen molar-refractivity contribution in [2.75, 3.05) is 0 Å². The lowest BCUT2D eigenvalue weighted by Gasteiger charge is -2.20. The number of aryl methyl sites for hydroxylation is 1. The van der Waals surface area contributed by atoms with Crippen molar-refractivity contribution in [1.29, 1.82) is 0 Å². The van der Waals surface area contributed by atoms with Crippen molar-refractivity contribution >= 4 is 0 Å². The van der Waals surface area contributed by atoms with E-state index in [1.165, 1.54) is 0 Å². The largest absolute Gasteiger partial charge is 0.389 e. The van der Waals surface area contributed by atoms with Crippen LogP contribution in [0.15, 0.2) is 12.3 Å². The molecule has 0 saturated heterocycles. The van der Waals surface area contributed by atoms with Gasteiger partial charge in [-0.25, -0.2) is 0 Å². The molecule has 96 valence electrons. The Morgan fingerprint density at radius 3 is 2.88 bits per heavy atom. The molecule has 1 aliphatic rings. The molecular weight excluding hydrogens is 231 g/mol. The van der Waals surface area contributed by atoms with Crippen LogP contribution in [-0.2, 0) is 13.0 Å². The summed E-state index contributed by atoms with van der Waals surface area (Å²) in [6, 6.07) is 1.83. The van der Waals surface area contributed by atoms with E-state index in [4.69, 9.17) is 0 Å². The first-order valence-corrected chi connectivity index (χ1v) is 5.90. The lowest BCUT2D eigenvalue weighted by atomic mass is 9.95. The van der Waals surface area contributed by atoms with Gasteiger partial charge in [-0.2, -0.15) is 13.2 Å². The van der Waals surface area contributed by atoms with Crippen LogP contribution in [0.3, 0.4) is 0 Å². The van der Waals surface area contributed by atoms with Crippen LogP contribution < -0.4 is 0 Å². The number of hydrogen-bond acceptors (Lipinski definition) is 1. The van der Waals surface area contributed by atoms with Crippen molar-refractivity contribution in [1.82, 2.24) is 4.57 Å². The number of aliphatic hydroxyl groups is 1. The Labute approximate surface area is 98.1 Å². The molecule has 0 aliphatic heterocycles. The van der Waals surface area contributed by atoms with Gasteiger partial charge in [-0.1, -0.05) is 0 Å². The van der Waals surface area contributed by atoms with Crippen LogP contribution in [0.25, 0.3) is 0 Å². The van der Waals surface area contributed by atoms with Gasteiger partial charge in [-0.3, -0.25) is 0 Å². The summed E-state index contributed by atoms with van der Waals surface area (Å²) in [6.45, 7) is 0.377. The second-order valence-electron chi connectivity index (χ2n) is 4.54. The highest BCUT2D eigenvalue weighted by atomic mass is 19.4. The summed E-state index contributed by atoms with van der Waals surface area (Å²) in [5.41, 5.74) is 1.90. The fraction of sp³-hybridized carbons (Fsp3) is 0.667. The van der Waals surface area contributed by atoms with Crippen LogP contribution in [-0.4, -0.2) is 15.8 Å². The van der Waals surface area contributed by atoms with Gasteiger partial charge in [-0.15, -0.1) is 0 Å². The molecule has 2 rings (SSSR count). The topological polar surface area (TPSA) is 25.2 Å². The number of fused-ring (bicyclic) bond motifs is 1. The minimum absolute atomic E-state index is 0.0979. The maximum atomic E-state index is 12.0. The molecule has 17 heavy (non-hydrogen) atoms. The maximum absolute atomic E-state index is 12.0. The van der Waals surface area contributed by atoms with Crippen LogP contribution in [0.5, 0.6) is 0 Å². The third-order valence-corrected chi connectivity index (χ3v) is 3.22. The van der Waals surface area contributed by atoms with Gasteiger partial charge in [0, 0.05) is 30.4 Å². The van der Waals surface area contributed by atoms with E-state index in [1.807, 2.05) is 10.6 Å². The van der Waals surface area contributed by atoms with Crippen molar-refractivity contribution in [3.8, 4) is 0 Å². The van der Waals surface area contributed by atoms with E-state index in [9.17, 15) is 18.3 Å². The third kappa shape index (κ3) is 3.03. The lowest BCUT2D eigenvalue weighted by molar-refractivity contribution is -0.135. The second-order valence-corrected chi connectivity index (χ2v) is 4.54. The summed E-state index contributed by atoms with van der Waals surface area (Å²) in [5.74, 6) is 0. The predicted octanol–water partition coefficient (Wildman–Crippen LogP) is 3.20. The highest BCUT2D eigenvalue weighted by Crippen LogP contribution is 2.31. The average molecular weight is 247 g/mol. The summed E-state index contributed by atoms with van der Waals surface area (Å²) in [5, 5.41) is 9.74. The van der Waals surface area contributed by atoms with Gasteiger partial charge < -0.3 is 9.67 Å². The van der Waals surface area contributed by atoms with E-state index in [0.29, 0.717) is 6.54 Å². The number of halogens is 3. The molecule has 0 bridgehead atoms. The zero-order valence-electron chi connectivity index (χ0n) is 9.50. The Morgan fingerprint density at radius 2 is 2.18 bits per heavy atom. The third-order valence-electron chi connectivity index (χ3n) is 3.22. The smallest absolute Gasteiger partial charge is 0.388 e. The molecule has 2 nitrogen and oxygen atoms in total. The molecular formula is C12H16F3NO. The molecule has 1 aliphatic carbocycles. The van der Waals surface area contributed by atoms with Gasteiger partial charge in [0.25, 0.3) is 0 Å². The SMILES string of the molecule is OC1CCCc2c1ccn2CCCC(F)(F)F. The highest BCUT2D eigenvalue weighted by Gasteiger charge is 2.26. The van der Waals surface area contributed by atoms with Crippen molar-refractivity contribution in [2.45, 2.75) is 50.9 Å². The van der Waals surface area contributed by atoms with Gasteiger partial charge >= 0.3 is 6.18 Å². The molecule has 1 aromatic heterocycles. The summed E-state index contributed by atoms with van der Waals surface area (Å²) in [6.07, 6.45) is -0.879. The van der Waals surface area contributed by atoms with E-state index in [1.54, 1.807) is 6.20 Å². The maximum Gasteiger partial charge on any atom is 0.389 e. The molecule has 1 N–H and O–H groups in total. The molecule has 1 atom stereocenters. The van der Waals surface area contributed by atoms with Crippen molar-refractivity contribution in [3.05, 3.63) is 23.5 Å². The fourth-order valence-corrected chi connectivity index (χ4v) is 2.39. The van der Waals surface area contributed by atoms with Crippen molar-refractivity contribution in [3.63, 3.8) is 0 Å². The minimum Gasteiger partial charge on any atom is -0.388 e.